The Morgan fingerprint density at radius 3 is 2.27 bits per heavy atom. The summed E-state index contributed by atoms with van der Waals surface area (Å²) >= 11 is 0. The Morgan fingerprint density at radius 1 is 1.55 bits per heavy atom. The average Bonchev–Trinajstić information content (AvgIpc) is 2.03. The summed E-state index contributed by atoms with van der Waals surface area (Å²) in [6.45, 7) is 3.75. The van der Waals surface area contributed by atoms with E-state index in [1.807, 2.05) is 13.8 Å². The molecule has 0 bridgehead atoms. The van der Waals surface area contributed by atoms with Gasteiger partial charge in [-0.15, -0.1) is 0 Å². The summed E-state index contributed by atoms with van der Waals surface area (Å²) in [7, 11) is 0. The number of nitrogens with two attached hydrogens (primary N) is 2. The molecule has 6 N–H and O–H groups in total. The largest absolute Gasteiger partial charge is 0.398 e. The van der Waals surface area contributed by atoms with Gasteiger partial charge in [0.2, 0.25) is 0 Å². The Kier molecular flexibility index (Phi) is 3.92. The summed E-state index contributed by atoms with van der Waals surface area (Å²) in [6, 6.07) is 0. The first-order valence-electron chi connectivity index (χ1n) is 3.75. The van der Waals surface area contributed by atoms with E-state index in [1.165, 1.54) is 6.20 Å². The maximum Gasteiger partial charge on any atom is 0.105 e. The molecule has 11 heavy (non-hydrogen) atoms. The third-order valence-electron chi connectivity index (χ3n) is 1.95. The van der Waals surface area contributed by atoms with Crippen LogP contribution in [0.3, 0.4) is 0 Å². The molecular formula is C7H17N3O. The summed E-state index contributed by atoms with van der Waals surface area (Å²) in [4.78, 5) is 0. The van der Waals surface area contributed by atoms with Gasteiger partial charge in [0.1, 0.15) is 5.60 Å². The lowest BCUT2D eigenvalue weighted by atomic mass is 9.94. The molecule has 0 aliphatic rings. The maximum absolute atomic E-state index is 9.74. The maximum atomic E-state index is 9.74. The fourth-order valence-corrected chi connectivity index (χ4v) is 0.882. The predicted octanol–water partition coefficient (Wildman–Crippen LogP) is -0.199. The second kappa shape index (κ2) is 4.20. The van der Waals surface area contributed by atoms with Crippen LogP contribution in [0.5, 0.6) is 0 Å². The van der Waals surface area contributed by atoms with E-state index in [1.54, 1.807) is 0 Å². The molecule has 66 valence electrons. The highest BCUT2D eigenvalue weighted by atomic mass is 16.3. The second-order valence-corrected chi connectivity index (χ2v) is 2.51. The van der Waals surface area contributed by atoms with Crippen molar-refractivity contribution in [3.63, 3.8) is 0 Å². The van der Waals surface area contributed by atoms with E-state index in [-0.39, 0.29) is 0 Å². The Balaban J connectivity index is 4.36. The zero-order valence-electron chi connectivity index (χ0n) is 7.09. The van der Waals surface area contributed by atoms with Crippen molar-refractivity contribution >= 4 is 0 Å². The van der Waals surface area contributed by atoms with E-state index in [0.29, 0.717) is 18.5 Å². The molecule has 0 aromatic heterocycles. The summed E-state index contributed by atoms with van der Waals surface area (Å²) in [5.41, 5.74) is 7.32. The van der Waals surface area contributed by atoms with Crippen molar-refractivity contribution in [2.24, 2.45) is 11.6 Å². The number of hydrogen-bond donors (Lipinski definition) is 4. The molecule has 0 radical (unpaired) electrons. The molecule has 0 rings (SSSR count). The Hall–Kier alpha value is -0.740. The molecule has 0 saturated heterocycles. The fourth-order valence-electron chi connectivity index (χ4n) is 0.882. The normalized spacial score (nSPS) is 13.3. The van der Waals surface area contributed by atoms with Gasteiger partial charge in [0.05, 0.1) is 5.70 Å². The summed E-state index contributed by atoms with van der Waals surface area (Å²) in [5, 5.41) is 9.74. The van der Waals surface area contributed by atoms with Gasteiger partial charge in [-0.3, -0.25) is 5.84 Å². The van der Waals surface area contributed by atoms with Gasteiger partial charge >= 0.3 is 0 Å². The number of rotatable bonds is 4. The highest BCUT2D eigenvalue weighted by Crippen LogP contribution is 2.19. The van der Waals surface area contributed by atoms with Crippen LogP contribution < -0.4 is 17.0 Å². The summed E-state index contributed by atoms with van der Waals surface area (Å²) < 4.78 is 0. The number of aliphatic hydroxyl groups is 1. The molecule has 0 amide bonds. The topological polar surface area (TPSA) is 84.3 Å². The lowest BCUT2D eigenvalue weighted by Gasteiger charge is -2.25. The smallest absolute Gasteiger partial charge is 0.105 e. The number of hydrazine groups is 1. The van der Waals surface area contributed by atoms with Crippen LogP contribution in [0.2, 0.25) is 0 Å². The Bertz CT molecular complexity index is 141. The molecule has 0 unspecified atom stereocenters. The van der Waals surface area contributed by atoms with Crippen LogP contribution in [0.15, 0.2) is 11.9 Å². The summed E-state index contributed by atoms with van der Waals surface area (Å²) in [6.07, 6.45) is 2.59. The highest BCUT2D eigenvalue weighted by molar-refractivity contribution is 5.10. The molecule has 0 aliphatic heterocycles. The van der Waals surface area contributed by atoms with E-state index >= 15 is 0 Å². The van der Waals surface area contributed by atoms with Crippen molar-refractivity contribution in [1.29, 1.82) is 0 Å². The molecular weight excluding hydrogens is 142 g/mol. The quantitative estimate of drug-likeness (QED) is 0.338. The van der Waals surface area contributed by atoms with Crippen molar-refractivity contribution in [3.05, 3.63) is 11.9 Å². The van der Waals surface area contributed by atoms with Crippen molar-refractivity contribution < 1.29 is 5.11 Å². The third-order valence-corrected chi connectivity index (χ3v) is 1.95. The molecule has 0 heterocycles. The SMILES string of the molecule is CCC(O)(CC)/C(N)=C/NN. The first-order valence-corrected chi connectivity index (χ1v) is 3.75. The van der Waals surface area contributed by atoms with Gasteiger partial charge in [-0.2, -0.15) is 0 Å². The monoisotopic (exact) mass is 159 g/mol. The molecule has 0 aromatic carbocycles. The van der Waals surface area contributed by atoms with Gasteiger partial charge in [-0.05, 0) is 12.8 Å². The Labute approximate surface area is 67.2 Å². The van der Waals surface area contributed by atoms with Crippen molar-refractivity contribution in [2.45, 2.75) is 32.3 Å². The number of hydrogen-bond acceptors (Lipinski definition) is 4. The minimum atomic E-state index is -0.910. The van der Waals surface area contributed by atoms with Gasteiger partial charge in [0.25, 0.3) is 0 Å². The first kappa shape index (κ1) is 10.3. The molecule has 0 saturated carbocycles. The molecule has 0 spiro atoms. The van der Waals surface area contributed by atoms with E-state index < -0.39 is 5.60 Å². The lowest BCUT2D eigenvalue weighted by molar-refractivity contribution is 0.0680. The van der Waals surface area contributed by atoms with Crippen LogP contribution >= 0.6 is 0 Å². The molecule has 0 atom stereocenters. The van der Waals surface area contributed by atoms with Gasteiger partial charge < -0.3 is 16.3 Å². The first-order chi connectivity index (χ1) is 5.10. The average molecular weight is 159 g/mol. The zero-order valence-corrected chi connectivity index (χ0v) is 7.09. The van der Waals surface area contributed by atoms with E-state index in [9.17, 15) is 5.11 Å². The molecule has 0 aromatic rings. The second-order valence-electron chi connectivity index (χ2n) is 2.51. The number of nitrogens with one attached hydrogen (secondary N) is 1. The summed E-state index contributed by atoms with van der Waals surface area (Å²) in [5.74, 6) is 5.02. The van der Waals surface area contributed by atoms with Crippen molar-refractivity contribution in [2.75, 3.05) is 0 Å². The molecule has 0 fully saturated rings. The third kappa shape index (κ3) is 2.40. The van der Waals surface area contributed by atoms with Crippen LogP contribution in [-0.2, 0) is 0 Å². The standard InChI is InChI=1S/C7H17N3O/c1-3-7(11,4-2)6(8)5-10-9/h5,10-11H,3-4,8-9H2,1-2H3/b6-5-. The van der Waals surface area contributed by atoms with E-state index in [0.717, 1.165) is 0 Å². The zero-order chi connectivity index (χ0) is 8.91. The fraction of sp³-hybridized carbons (Fsp3) is 0.714. The van der Waals surface area contributed by atoms with Crippen molar-refractivity contribution in [1.82, 2.24) is 5.43 Å². The minimum absolute atomic E-state index is 0.380. The van der Waals surface area contributed by atoms with E-state index in [2.05, 4.69) is 5.43 Å². The van der Waals surface area contributed by atoms with Gasteiger partial charge in [-0.25, -0.2) is 0 Å². The van der Waals surface area contributed by atoms with Crippen LogP contribution in [0.25, 0.3) is 0 Å². The molecule has 4 nitrogen and oxygen atoms in total. The van der Waals surface area contributed by atoms with Gasteiger partial charge in [-0.1, -0.05) is 13.8 Å². The lowest BCUT2D eigenvalue weighted by Crippen LogP contribution is -2.35. The Morgan fingerprint density at radius 2 is 2.00 bits per heavy atom. The van der Waals surface area contributed by atoms with Crippen LogP contribution in [0.4, 0.5) is 0 Å². The van der Waals surface area contributed by atoms with Crippen LogP contribution in [-0.4, -0.2) is 10.7 Å². The van der Waals surface area contributed by atoms with Gasteiger partial charge in [0.15, 0.2) is 0 Å². The minimum Gasteiger partial charge on any atom is -0.398 e. The van der Waals surface area contributed by atoms with Crippen LogP contribution in [0.1, 0.15) is 26.7 Å². The van der Waals surface area contributed by atoms with E-state index in [4.69, 9.17) is 11.6 Å². The highest BCUT2D eigenvalue weighted by Gasteiger charge is 2.24. The van der Waals surface area contributed by atoms with Crippen LogP contribution in [0, 0.1) is 0 Å². The van der Waals surface area contributed by atoms with Gasteiger partial charge in [0, 0.05) is 6.20 Å². The predicted molar refractivity (Wildman–Crippen MR) is 45.1 cm³/mol. The molecule has 4 heteroatoms. The van der Waals surface area contributed by atoms with Crippen molar-refractivity contribution in [3.8, 4) is 0 Å². The molecule has 0 aliphatic carbocycles.